The average Bonchev–Trinajstić information content (AvgIpc) is 3.22. The predicted octanol–water partition coefficient (Wildman–Crippen LogP) is 10.7. The summed E-state index contributed by atoms with van der Waals surface area (Å²) in [6, 6.07) is 2.23. The van der Waals surface area contributed by atoms with Crippen LogP contribution in [-0.2, 0) is 10.7 Å². The van der Waals surface area contributed by atoms with Gasteiger partial charge in [0.1, 0.15) is 0 Å². The van der Waals surface area contributed by atoms with Crippen LogP contribution in [0.5, 0.6) is 0 Å². The molecule has 0 radical (unpaired) electrons. The van der Waals surface area contributed by atoms with E-state index in [9.17, 15) is 0 Å². The molecule has 5 rings (SSSR count). The van der Waals surface area contributed by atoms with Gasteiger partial charge in [-0.15, -0.1) is 0 Å². The molecule has 4 fully saturated rings. The molecule has 0 spiro atoms. The highest BCUT2D eigenvalue weighted by molar-refractivity contribution is 5.55. The lowest BCUT2D eigenvalue weighted by Gasteiger charge is -2.60. The first-order chi connectivity index (χ1) is 20.8. The van der Waals surface area contributed by atoms with Crippen molar-refractivity contribution in [1.29, 1.82) is 0 Å². The Morgan fingerprint density at radius 2 is 1.49 bits per heavy atom. The number of nitrogen functional groups attached to an aromatic ring is 2. The van der Waals surface area contributed by atoms with Gasteiger partial charge in [0.05, 0.1) is 6.10 Å². The first-order valence-electron chi connectivity index (χ1n) is 17.3. The fourth-order valence-electron chi connectivity index (χ4n) is 11.0. The van der Waals surface area contributed by atoms with E-state index in [1.54, 1.807) is 0 Å². The van der Waals surface area contributed by atoms with E-state index >= 15 is 26.3 Å². The second-order valence-electron chi connectivity index (χ2n) is 16.2. The molecule has 4 aliphatic carbocycles. The molecule has 4 N–H and O–H groups in total. The van der Waals surface area contributed by atoms with Crippen molar-refractivity contribution in [3.05, 3.63) is 23.8 Å². The quantitative estimate of drug-likeness (QED) is 0.197. The molecule has 3 nitrogen and oxygen atoms in total. The number of halogens is 6. The normalized spacial score (nSPS) is 36.4. The van der Waals surface area contributed by atoms with Crippen molar-refractivity contribution in [2.45, 2.75) is 136 Å². The minimum absolute atomic E-state index is 0.0251. The number of hydrogen-bond acceptors (Lipinski definition) is 3. The summed E-state index contributed by atoms with van der Waals surface area (Å²) in [5.41, 5.74) is 8.94. The molecule has 4 saturated carbocycles. The van der Waals surface area contributed by atoms with Gasteiger partial charge in [-0.25, -0.2) is 0 Å². The van der Waals surface area contributed by atoms with Crippen LogP contribution in [0.4, 0.5) is 37.7 Å². The number of ether oxygens (including phenoxy) is 1. The monoisotopic (exact) mass is 644 g/mol. The summed E-state index contributed by atoms with van der Waals surface area (Å²) in [6.45, 7) is 10.8. The van der Waals surface area contributed by atoms with Gasteiger partial charge in [0, 0.05) is 16.9 Å². The number of fused-ring (bicyclic) bond motifs is 5. The predicted molar refractivity (Wildman–Crippen MR) is 167 cm³/mol. The number of benzene rings is 1. The van der Waals surface area contributed by atoms with Crippen molar-refractivity contribution in [1.82, 2.24) is 0 Å². The molecule has 0 heterocycles. The molecular weight excluding hydrogens is 590 g/mol. The van der Waals surface area contributed by atoms with E-state index < -0.39 is 41.0 Å². The van der Waals surface area contributed by atoms with E-state index in [2.05, 4.69) is 27.7 Å². The summed E-state index contributed by atoms with van der Waals surface area (Å²) in [5, 5.41) is 0. The van der Waals surface area contributed by atoms with E-state index in [-0.39, 0.29) is 35.0 Å². The second-order valence-corrected chi connectivity index (χ2v) is 16.2. The Labute approximate surface area is 265 Å². The number of hydrogen-bond donors (Lipinski definition) is 2. The maximum atomic E-state index is 15.7. The summed E-state index contributed by atoms with van der Waals surface area (Å²) in [5.74, 6) is -9.70. The first-order valence-corrected chi connectivity index (χ1v) is 17.3. The van der Waals surface area contributed by atoms with E-state index in [1.807, 2.05) is 6.92 Å². The summed E-state index contributed by atoms with van der Waals surface area (Å²) in [7, 11) is 0. The maximum absolute atomic E-state index is 15.7. The second kappa shape index (κ2) is 12.1. The molecule has 4 aliphatic rings. The maximum Gasteiger partial charge on any atom is 0.426 e. The van der Waals surface area contributed by atoms with Gasteiger partial charge in [-0.05, 0) is 115 Å². The van der Waals surface area contributed by atoms with Crippen LogP contribution in [0, 0.1) is 52.3 Å². The van der Waals surface area contributed by atoms with Gasteiger partial charge in [0.2, 0.25) is 0 Å². The summed E-state index contributed by atoms with van der Waals surface area (Å²) < 4.78 is 98.2. The highest BCUT2D eigenvalue weighted by Gasteiger charge is 2.75. The Balaban J connectivity index is 1.46. The van der Waals surface area contributed by atoms with Gasteiger partial charge in [0.15, 0.2) is 0 Å². The lowest BCUT2D eigenvalue weighted by Crippen LogP contribution is -2.56. The van der Waals surface area contributed by atoms with Crippen molar-refractivity contribution < 1.29 is 31.1 Å². The van der Waals surface area contributed by atoms with Crippen LogP contribution >= 0.6 is 0 Å². The van der Waals surface area contributed by atoms with Crippen molar-refractivity contribution in [3.63, 3.8) is 0 Å². The molecule has 9 atom stereocenters. The van der Waals surface area contributed by atoms with Crippen LogP contribution in [0.1, 0.15) is 117 Å². The molecule has 9 heteroatoms. The Kier molecular flexibility index (Phi) is 9.33. The van der Waals surface area contributed by atoms with Gasteiger partial charge in [-0.1, -0.05) is 66.7 Å². The lowest BCUT2D eigenvalue weighted by molar-refractivity contribution is -0.415. The fourth-order valence-corrected chi connectivity index (χ4v) is 11.0. The Bertz CT molecular complexity index is 1190. The van der Waals surface area contributed by atoms with Crippen LogP contribution in [0.15, 0.2) is 18.2 Å². The molecular formula is C36H54F6N2O. The van der Waals surface area contributed by atoms with Crippen LogP contribution in [0.3, 0.4) is 0 Å². The van der Waals surface area contributed by atoms with E-state index in [0.29, 0.717) is 35.8 Å². The molecule has 0 bridgehead atoms. The van der Waals surface area contributed by atoms with Gasteiger partial charge in [0.25, 0.3) is 0 Å². The number of anilines is 2. The minimum atomic E-state index is -5.84. The van der Waals surface area contributed by atoms with Crippen molar-refractivity contribution >= 4 is 11.4 Å². The molecule has 1 aromatic rings. The van der Waals surface area contributed by atoms with Gasteiger partial charge >= 0.3 is 18.0 Å². The van der Waals surface area contributed by atoms with Crippen molar-refractivity contribution in [2.75, 3.05) is 11.5 Å². The van der Waals surface area contributed by atoms with Crippen LogP contribution < -0.4 is 11.5 Å². The Morgan fingerprint density at radius 3 is 2.13 bits per heavy atom. The van der Waals surface area contributed by atoms with Crippen LogP contribution in [-0.4, -0.2) is 18.1 Å². The fraction of sp³-hybridized carbons (Fsp3) is 0.833. The molecule has 0 amide bonds. The van der Waals surface area contributed by atoms with Crippen molar-refractivity contribution in [2.24, 2.45) is 52.3 Å². The molecule has 0 aliphatic heterocycles. The molecule has 0 saturated heterocycles. The third-order valence-electron chi connectivity index (χ3n) is 13.1. The summed E-state index contributed by atoms with van der Waals surface area (Å²) >= 11 is 0. The minimum Gasteiger partial charge on any atom is -0.399 e. The zero-order valence-corrected chi connectivity index (χ0v) is 27.7. The van der Waals surface area contributed by atoms with E-state index in [0.717, 1.165) is 51.0 Å². The largest absolute Gasteiger partial charge is 0.426 e. The van der Waals surface area contributed by atoms with Crippen molar-refractivity contribution in [3.8, 4) is 0 Å². The van der Waals surface area contributed by atoms with Crippen LogP contribution in [0.25, 0.3) is 0 Å². The topological polar surface area (TPSA) is 61.3 Å². The van der Waals surface area contributed by atoms with Gasteiger partial charge in [-0.3, -0.25) is 0 Å². The molecule has 0 aromatic heterocycles. The lowest BCUT2D eigenvalue weighted by atomic mass is 9.44. The third-order valence-corrected chi connectivity index (χ3v) is 13.1. The third kappa shape index (κ3) is 5.88. The van der Waals surface area contributed by atoms with Gasteiger partial charge in [-0.2, -0.15) is 26.3 Å². The smallest absolute Gasteiger partial charge is 0.399 e. The summed E-state index contributed by atoms with van der Waals surface area (Å²) in [4.78, 5) is 0. The summed E-state index contributed by atoms with van der Waals surface area (Å²) in [6.07, 6.45) is 4.90. The van der Waals surface area contributed by atoms with E-state index in [4.69, 9.17) is 16.2 Å². The Morgan fingerprint density at radius 1 is 0.822 bits per heavy atom. The highest BCUT2D eigenvalue weighted by atomic mass is 19.3. The zero-order valence-electron chi connectivity index (χ0n) is 27.7. The number of nitrogens with two attached hydrogens (primary N) is 2. The van der Waals surface area contributed by atoms with E-state index in [1.165, 1.54) is 25.7 Å². The number of rotatable bonds is 10. The molecule has 1 aromatic carbocycles. The Hall–Kier alpha value is -1.64. The standard InChI is InChI=1S/C36H54F6N2O/c1-21(2)9-8-10-22(3)31-30(45-36(41,42)35(39,40)34(37,38)24-17-25(43)19-26(44)18-24)20-29-27-13-12-23-11-6-7-15-32(23,4)28(27)14-16-33(29,31)5/h17-19,21-23,27-31H,6-16,20,43-44H2,1-5H3/t22-,23?,27-,28+,29+,30?,31+,32+,33+/m1/s1. The van der Waals surface area contributed by atoms with Crippen LogP contribution in [0.2, 0.25) is 0 Å². The highest BCUT2D eigenvalue weighted by Crippen LogP contribution is 2.69. The molecule has 256 valence electrons. The SMILES string of the molecule is CC(C)CCC[C@@H](C)[C@H]1C(OC(F)(F)C(F)(F)C(F)(F)c2cc(N)cc(N)c2)C[C@H]2[C@@H]3CCC4CCCC[C@]4(C)[C@H]3CC[C@]12C. The molecule has 2 unspecified atom stereocenters. The average molecular weight is 645 g/mol. The first kappa shape index (κ1) is 34.7. The molecule has 45 heavy (non-hydrogen) atoms. The number of alkyl halides is 6. The van der Waals surface area contributed by atoms with Gasteiger partial charge < -0.3 is 16.2 Å². The zero-order chi connectivity index (χ0) is 33.2.